The van der Waals surface area contributed by atoms with Gasteiger partial charge in [-0.05, 0) is 38.4 Å². The Morgan fingerprint density at radius 1 is 1.22 bits per heavy atom. The molecule has 0 unspecified atom stereocenters. The van der Waals surface area contributed by atoms with Crippen LogP contribution >= 0.6 is 0 Å². The first-order valence-electron chi connectivity index (χ1n) is 6.31. The number of hydrogen-bond acceptors (Lipinski definition) is 4. The predicted octanol–water partition coefficient (Wildman–Crippen LogP) is 2.85. The summed E-state index contributed by atoms with van der Waals surface area (Å²) in [5, 5.41) is 11.4. The van der Waals surface area contributed by atoms with E-state index < -0.39 is 0 Å². The molecule has 0 spiro atoms. The fourth-order valence-corrected chi connectivity index (χ4v) is 1.86. The lowest BCUT2D eigenvalue weighted by Gasteiger charge is -2.01. The zero-order valence-corrected chi connectivity index (χ0v) is 11.2. The highest BCUT2D eigenvalue weighted by Gasteiger charge is 2.10. The molecule has 0 saturated carbocycles. The van der Waals surface area contributed by atoms with E-state index in [0.29, 0.717) is 18.3 Å². The van der Waals surface area contributed by atoms with E-state index in [9.17, 15) is 0 Å². The van der Waals surface area contributed by atoms with Crippen LogP contribution in [-0.2, 0) is 6.54 Å². The van der Waals surface area contributed by atoms with Crippen molar-refractivity contribution in [1.29, 1.82) is 0 Å². The van der Waals surface area contributed by atoms with Crippen molar-refractivity contribution < 1.29 is 4.42 Å². The van der Waals surface area contributed by atoms with E-state index in [1.165, 1.54) is 5.56 Å². The van der Waals surface area contributed by atoms with Crippen LogP contribution in [0.4, 0.5) is 0 Å². The van der Waals surface area contributed by atoms with Crippen LogP contribution in [0.15, 0.2) is 22.6 Å². The van der Waals surface area contributed by atoms with Crippen LogP contribution in [0.3, 0.4) is 0 Å². The van der Waals surface area contributed by atoms with Crippen molar-refractivity contribution in [1.82, 2.24) is 15.5 Å². The van der Waals surface area contributed by atoms with Gasteiger partial charge in [-0.2, -0.15) is 0 Å². The number of nitrogens with one attached hydrogen (secondary N) is 1. The molecule has 4 nitrogen and oxygen atoms in total. The van der Waals surface area contributed by atoms with Gasteiger partial charge in [0, 0.05) is 5.56 Å². The van der Waals surface area contributed by atoms with E-state index in [4.69, 9.17) is 4.42 Å². The molecule has 4 heteroatoms. The number of nitrogens with zero attached hydrogens (tertiary/aromatic N) is 2. The molecule has 2 rings (SSSR count). The normalized spacial score (nSPS) is 10.8. The van der Waals surface area contributed by atoms with E-state index in [2.05, 4.69) is 48.4 Å². The topological polar surface area (TPSA) is 51.0 Å². The summed E-state index contributed by atoms with van der Waals surface area (Å²) in [5.74, 6) is 1.24. The highest BCUT2D eigenvalue weighted by atomic mass is 16.4. The van der Waals surface area contributed by atoms with Gasteiger partial charge in [0.15, 0.2) is 0 Å². The lowest BCUT2D eigenvalue weighted by molar-refractivity contribution is 0.477. The van der Waals surface area contributed by atoms with E-state index in [1.807, 2.05) is 6.07 Å². The van der Waals surface area contributed by atoms with Crippen molar-refractivity contribution in [3.8, 4) is 11.5 Å². The number of aryl methyl sites for hydroxylation is 2. The number of benzene rings is 1. The van der Waals surface area contributed by atoms with Crippen molar-refractivity contribution in [3.63, 3.8) is 0 Å². The first-order chi connectivity index (χ1) is 8.70. The molecule has 1 N–H and O–H groups in total. The SMILES string of the molecule is CCCNCc1nnc(-c2ccc(C)cc2C)o1. The summed E-state index contributed by atoms with van der Waals surface area (Å²) in [6.07, 6.45) is 1.10. The summed E-state index contributed by atoms with van der Waals surface area (Å²) in [7, 11) is 0. The molecule has 1 heterocycles. The second-order valence-electron chi connectivity index (χ2n) is 4.50. The second-order valence-corrected chi connectivity index (χ2v) is 4.50. The Labute approximate surface area is 107 Å². The summed E-state index contributed by atoms with van der Waals surface area (Å²) in [6, 6.07) is 6.21. The molecule has 0 aliphatic rings. The second kappa shape index (κ2) is 5.78. The Kier molecular flexibility index (Phi) is 4.10. The average Bonchev–Trinajstić information content (AvgIpc) is 2.78. The Morgan fingerprint density at radius 3 is 2.78 bits per heavy atom. The third kappa shape index (κ3) is 2.96. The van der Waals surface area contributed by atoms with Crippen LogP contribution in [0.5, 0.6) is 0 Å². The van der Waals surface area contributed by atoms with Crippen LogP contribution in [0.25, 0.3) is 11.5 Å². The van der Waals surface area contributed by atoms with Gasteiger partial charge in [-0.15, -0.1) is 10.2 Å². The van der Waals surface area contributed by atoms with Gasteiger partial charge in [0.05, 0.1) is 6.54 Å². The standard InChI is InChI=1S/C14H19N3O/c1-4-7-15-9-13-16-17-14(18-13)12-6-5-10(2)8-11(12)3/h5-6,8,15H,4,7,9H2,1-3H3. The molecule has 2 aromatic rings. The maximum atomic E-state index is 5.65. The molecule has 0 aliphatic heterocycles. The van der Waals surface area contributed by atoms with Crippen LogP contribution in [0.1, 0.15) is 30.4 Å². The predicted molar refractivity (Wildman–Crippen MR) is 71.2 cm³/mol. The van der Waals surface area contributed by atoms with Crippen LogP contribution in [0, 0.1) is 13.8 Å². The number of rotatable bonds is 5. The lowest BCUT2D eigenvalue weighted by Crippen LogP contribution is -2.13. The first-order valence-corrected chi connectivity index (χ1v) is 6.31. The van der Waals surface area contributed by atoms with Crippen LogP contribution in [0.2, 0.25) is 0 Å². The van der Waals surface area contributed by atoms with Gasteiger partial charge in [-0.3, -0.25) is 0 Å². The van der Waals surface area contributed by atoms with E-state index >= 15 is 0 Å². The molecular weight excluding hydrogens is 226 g/mol. The van der Waals surface area contributed by atoms with Crippen molar-refractivity contribution in [2.24, 2.45) is 0 Å². The highest BCUT2D eigenvalue weighted by Crippen LogP contribution is 2.22. The molecule has 96 valence electrons. The molecule has 0 radical (unpaired) electrons. The van der Waals surface area contributed by atoms with Gasteiger partial charge < -0.3 is 9.73 Å². The summed E-state index contributed by atoms with van der Waals surface area (Å²) in [4.78, 5) is 0. The minimum atomic E-state index is 0.598. The third-order valence-electron chi connectivity index (χ3n) is 2.78. The Balaban J connectivity index is 2.13. The number of aromatic nitrogens is 2. The van der Waals surface area contributed by atoms with Gasteiger partial charge in [-0.25, -0.2) is 0 Å². The molecule has 0 amide bonds. The van der Waals surface area contributed by atoms with Gasteiger partial charge in [-0.1, -0.05) is 24.6 Å². The minimum absolute atomic E-state index is 0.598. The van der Waals surface area contributed by atoms with Gasteiger partial charge in [0.1, 0.15) is 0 Å². The fourth-order valence-electron chi connectivity index (χ4n) is 1.86. The first kappa shape index (κ1) is 12.8. The molecule has 1 aromatic carbocycles. The number of hydrogen-bond donors (Lipinski definition) is 1. The highest BCUT2D eigenvalue weighted by molar-refractivity contribution is 5.58. The molecule has 18 heavy (non-hydrogen) atoms. The van der Waals surface area contributed by atoms with Gasteiger partial charge >= 0.3 is 0 Å². The average molecular weight is 245 g/mol. The zero-order valence-electron chi connectivity index (χ0n) is 11.2. The van der Waals surface area contributed by atoms with Gasteiger partial charge in [0.25, 0.3) is 0 Å². The van der Waals surface area contributed by atoms with E-state index in [0.717, 1.165) is 24.1 Å². The maximum Gasteiger partial charge on any atom is 0.248 e. The monoisotopic (exact) mass is 245 g/mol. The molecule has 1 aromatic heterocycles. The van der Waals surface area contributed by atoms with E-state index in [-0.39, 0.29) is 0 Å². The molecule has 0 atom stereocenters. The largest absolute Gasteiger partial charge is 0.419 e. The fraction of sp³-hybridized carbons (Fsp3) is 0.429. The summed E-state index contributed by atoms with van der Waals surface area (Å²) >= 11 is 0. The Hall–Kier alpha value is -1.68. The Morgan fingerprint density at radius 2 is 2.06 bits per heavy atom. The summed E-state index contributed by atoms with van der Waals surface area (Å²) < 4.78 is 5.65. The minimum Gasteiger partial charge on any atom is -0.419 e. The van der Waals surface area contributed by atoms with Gasteiger partial charge in [0.2, 0.25) is 11.8 Å². The van der Waals surface area contributed by atoms with Crippen LogP contribution in [-0.4, -0.2) is 16.7 Å². The lowest BCUT2D eigenvalue weighted by atomic mass is 10.1. The van der Waals surface area contributed by atoms with Crippen molar-refractivity contribution in [2.45, 2.75) is 33.7 Å². The third-order valence-corrected chi connectivity index (χ3v) is 2.78. The van der Waals surface area contributed by atoms with Crippen molar-refractivity contribution in [3.05, 3.63) is 35.2 Å². The molecule has 0 aliphatic carbocycles. The van der Waals surface area contributed by atoms with Crippen molar-refractivity contribution >= 4 is 0 Å². The summed E-state index contributed by atoms with van der Waals surface area (Å²) in [5.41, 5.74) is 3.40. The maximum absolute atomic E-state index is 5.65. The Bertz CT molecular complexity index is 520. The zero-order chi connectivity index (χ0) is 13.0. The molecule has 0 saturated heterocycles. The molecule has 0 fully saturated rings. The smallest absolute Gasteiger partial charge is 0.248 e. The van der Waals surface area contributed by atoms with E-state index in [1.54, 1.807) is 0 Å². The molecular formula is C14H19N3O. The van der Waals surface area contributed by atoms with Crippen LogP contribution < -0.4 is 5.32 Å². The quantitative estimate of drug-likeness (QED) is 0.823. The molecule has 0 bridgehead atoms. The van der Waals surface area contributed by atoms with Crippen molar-refractivity contribution in [2.75, 3.05) is 6.54 Å². The summed E-state index contributed by atoms with van der Waals surface area (Å²) in [6.45, 7) is 7.85.